The van der Waals surface area contributed by atoms with Crippen molar-refractivity contribution in [1.82, 2.24) is 0 Å². The highest BCUT2D eigenvalue weighted by atomic mass is 16.4. The molecule has 0 saturated carbocycles. The lowest BCUT2D eigenvalue weighted by molar-refractivity contribution is -0.137. The van der Waals surface area contributed by atoms with E-state index in [9.17, 15) is 4.79 Å². The molecule has 0 aromatic carbocycles. The Morgan fingerprint density at radius 2 is 0.964 bits per heavy atom. The van der Waals surface area contributed by atoms with Gasteiger partial charge in [0, 0.05) is 6.42 Å². The molecule has 0 aliphatic carbocycles. The van der Waals surface area contributed by atoms with Gasteiger partial charge < -0.3 is 5.11 Å². The highest BCUT2D eigenvalue weighted by Crippen LogP contribution is 2.11. The van der Waals surface area contributed by atoms with Crippen molar-refractivity contribution in [2.24, 2.45) is 0 Å². The van der Waals surface area contributed by atoms with Crippen LogP contribution in [0.15, 0.2) is 36.5 Å². The summed E-state index contributed by atoms with van der Waals surface area (Å²) in [5, 5.41) is 8.57. The lowest BCUT2D eigenvalue weighted by atomic mass is 10.1. The van der Waals surface area contributed by atoms with Crippen LogP contribution in [0.25, 0.3) is 0 Å². The predicted octanol–water partition coefficient (Wildman–Crippen LogP) is 8.78. The minimum Gasteiger partial charge on any atom is -0.481 e. The molecule has 0 atom stereocenters. The first-order valence-electron chi connectivity index (χ1n) is 11.9. The Bertz CT molecular complexity index is 407. The highest BCUT2D eigenvalue weighted by molar-refractivity contribution is 5.66. The molecule has 28 heavy (non-hydrogen) atoms. The Hall–Kier alpha value is -1.31. The summed E-state index contributed by atoms with van der Waals surface area (Å²) in [5.41, 5.74) is 0. The second-order valence-corrected chi connectivity index (χ2v) is 7.85. The van der Waals surface area contributed by atoms with Crippen LogP contribution >= 0.6 is 0 Å². The van der Waals surface area contributed by atoms with E-state index < -0.39 is 5.97 Å². The monoisotopic (exact) mass is 390 g/mol. The molecule has 2 nitrogen and oxygen atoms in total. The minimum atomic E-state index is -0.661. The second-order valence-electron chi connectivity index (χ2n) is 7.85. The molecule has 0 aliphatic heterocycles. The summed E-state index contributed by atoms with van der Waals surface area (Å²) in [6.07, 6.45) is 35.1. The molecule has 0 aliphatic rings. The predicted molar refractivity (Wildman–Crippen MR) is 124 cm³/mol. The molecule has 0 rings (SSSR count). The third-order valence-electron chi connectivity index (χ3n) is 5.03. The zero-order valence-electron chi connectivity index (χ0n) is 18.5. The number of hydrogen-bond acceptors (Lipinski definition) is 1. The zero-order chi connectivity index (χ0) is 20.5. The van der Waals surface area contributed by atoms with Gasteiger partial charge in [-0.1, -0.05) is 108 Å². The van der Waals surface area contributed by atoms with Gasteiger partial charge in [-0.25, -0.2) is 0 Å². The van der Waals surface area contributed by atoms with Gasteiger partial charge in [0.15, 0.2) is 0 Å². The minimum absolute atomic E-state index is 0.333. The number of unbranched alkanes of at least 4 members (excludes halogenated alkanes) is 13. The van der Waals surface area contributed by atoms with Crippen LogP contribution in [-0.4, -0.2) is 11.1 Å². The molecule has 0 fully saturated rings. The first kappa shape index (κ1) is 26.7. The Labute approximate surface area is 175 Å². The molecule has 0 saturated heterocycles. The first-order chi connectivity index (χ1) is 13.8. The molecular formula is C26H46O2. The van der Waals surface area contributed by atoms with E-state index in [1.165, 1.54) is 83.5 Å². The molecule has 0 aromatic heterocycles. The lowest BCUT2D eigenvalue weighted by Gasteiger charge is -2.01. The smallest absolute Gasteiger partial charge is 0.303 e. The quantitative estimate of drug-likeness (QED) is 0.157. The number of carbonyl (C=O) groups is 1. The van der Waals surface area contributed by atoms with Gasteiger partial charge in [-0.05, 0) is 44.9 Å². The van der Waals surface area contributed by atoms with Gasteiger partial charge >= 0.3 is 5.97 Å². The van der Waals surface area contributed by atoms with Crippen molar-refractivity contribution in [1.29, 1.82) is 0 Å². The van der Waals surface area contributed by atoms with Crippen LogP contribution in [0.1, 0.15) is 122 Å². The number of carboxylic acids is 1. The summed E-state index contributed by atoms with van der Waals surface area (Å²) >= 11 is 0. The second kappa shape index (κ2) is 23.7. The van der Waals surface area contributed by atoms with Gasteiger partial charge in [-0.15, -0.1) is 0 Å². The van der Waals surface area contributed by atoms with Crippen molar-refractivity contribution in [3.8, 4) is 0 Å². The van der Waals surface area contributed by atoms with E-state index >= 15 is 0 Å². The van der Waals surface area contributed by atoms with Gasteiger partial charge in [0.25, 0.3) is 0 Å². The van der Waals surface area contributed by atoms with Gasteiger partial charge in [-0.3, -0.25) is 4.79 Å². The molecule has 0 amide bonds. The van der Waals surface area contributed by atoms with E-state index in [-0.39, 0.29) is 0 Å². The maximum absolute atomic E-state index is 10.4. The van der Waals surface area contributed by atoms with Gasteiger partial charge in [0.1, 0.15) is 0 Å². The highest BCUT2D eigenvalue weighted by Gasteiger charge is 1.96. The summed E-state index contributed by atoms with van der Waals surface area (Å²) in [6.45, 7) is 2.26. The first-order valence-corrected chi connectivity index (χ1v) is 11.9. The fourth-order valence-electron chi connectivity index (χ4n) is 3.24. The fraction of sp³-hybridized carbons (Fsp3) is 0.731. The van der Waals surface area contributed by atoms with Crippen molar-refractivity contribution < 1.29 is 9.90 Å². The van der Waals surface area contributed by atoms with Crippen LogP contribution in [0.2, 0.25) is 0 Å². The van der Waals surface area contributed by atoms with Gasteiger partial charge in [0.05, 0.1) is 0 Å². The molecule has 162 valence electrons. The third-order valence-corrected chi connectivity index (χ3v) is 5.03. The zero-order valence-corrected chi connectivity index (χ0v) is 18.5. The Morgan fingerprint density at radius 3 is 1.43 bits per heavy atom. The maximum atomic E-state index is 10.4. The van der Waals surface area contributed by atoms with Crippen molar-refractivity contribution in [2.45, 2.75) is 122 Å². The molecule has 0 bridgehead atoms. The van der Waals surface area contributed by atoms with E-state index in [1.807, 2.05) is 0 Å². The van der Waals surface area contributed by atoms with E-state index in [0.29, 0.717) is 6.42 Å². The standard InChI is InChI=1S/C26H46O2/c1-2-3-4-5-6-7-8-9-10-11-12-13-14-15-16-17-18-19-20-21-22-23-24-25-26(27)28/h7-8,10-11,13-14H,2-6,9,12,15-25H2,1H3,(H,27,28). The van der Waals surface area contributed by atoms with Crippen molar-refractivity contribution in [3.05, 3.63) is 36.5 Å². The topological polar surface area (TPSA) is 37.3 Å². The van der Waals surface area contributed by atoms with E-state index in [4.69, 9.17) is 5.11 Å². The molecule has 0 spiro atoms. The van der Waals surface area contributed by atoms with Crippen LogP contribution < -0.4 is 0 Å². The Balaban J connectivity index is 3.23. The maximum Gasteiger partial charge on any atom is 0.303 e. The van der Waals surface area contributed by atoms with Crippen LogP contribution in [0.3, 0.4) is 0 Å². The molecule has 0 heterocycles. The number of allylic oxidation sites excluding steroid dienone is 6. The Morgan fingerprint density at radius 1 is 0.571 bits per heavy atom. The normalized spacial score (nSPS) is 12.0. The van der Waals surface area contributed by atoms with E-state index in [1.54, 1.807) is 0 Å². The molecule has 0 unspecified atom stereocenters. The number of rotatable bonds is 21. The molecule has 1 N–H and O–H groups in total. The van der Waals surface area contributed by atoms with E-state index in [2.05, 4.69) is 43.4 Å². The van der Waals surface area contributed by atoms with E-state index in [0.717, 1.165) is 25.7 Å². The summed E-state index contributed by atoms with van der Waals surface area (Å²) in [4.78, 5) is 10.4. The summed E-state index contributed by atoms with van der Waals surface area (Å²) in [7, 11) is 0. The van der Waals surface area contributed by atoms with Crippen molar-refractivity contribution >= 4 is 5.97 Å². The number of aliphatic carboxylic acids is 1. The number of carboxylic acid groups (broad SMARTS) is 1. The van der Waals surface area contributed by atoms with Gasteiger partial charge in [-0.2, -0.15) is 0 Å². The van der Waals surface area contributed by atoms with Crippen molar-refractivity contribution in [3.63, 3.8) is 0 Å². The van der Waals surface area contributed by atoms with Crippen LogP contribution in [-0.2, 0) is 4.79 Å². The molecule has 2 heteroatoms. The van der Waals surface area contributed by atoms with Crippen LogP contribution in [0.4, 0.5) is 0 Å². The van der Waals surface area contributed by atoms with Gasteiger partial charge in [0.2, 0.25) is 0 Å². The average Bonchev–Trinajstić information content (AvgIpc) is 2.68. The average molecular weight is 391 g/mol. The fourth-order valence-corrected chi connectivity index (χ4v) is 3.24. The summed E-state index contributed by atoms with van der Waals surface area (Å²) in [5.74, 6) is -0.661. The van der Waals surface area contributed by atoms with Crippen LogP contribution in [0, 0.1) is 0 Å². The SMILES string of the molecule is CCCCCCC=CCC=CCC=CCCCCCCCCCCCC(=O)O. The third kappa shape index (κ3) is 24.7. The van der Waals surface area contributed by atoms with Crippen LogP contribution in [0.5, 0.6) is 0 Å². The number of hydrogen-bond donors (Lipinski definition) is 1. The molecule has 0 aromatic rings. The summed E-state index contributed by atoms with van der Waals surface area (Å²) in [6, 6.07) is 0. The molecular weight excluding hydrogens is 344 g/mol. The largest absolute Gasteiger partial charge is 0.481 e. The van der Waals surface area contributed by atoms with Crippen molar-refractivity contribution in [2.75, 3.05) is 0 Å². The molecule has 0 radical (unpaired) electrons. The Kier molecular flexibility index (Phi) is 22.6. The lowest BCUT2D eigenvalue weighted by Crippen LogP contribution is -1.93. The summed E-state index contributed by atoms with van der Waals surface area (Å²) < 4.78 is 0.